The second kappa shape index (κ2) is 9.71. The fourth-order valence-corrected chi connectivity index (χ4v) is 5.12. The number of likely N-dealkylation sites (N-methyl/N-ethyl adjacent to an activating group) is 1. The summed E-state index contributed by atoms with van der Waals surface area (Å²) in [5, 5.41) is 11.0. The highest BCUT2D eigenvalue weighted by atomic mass is 35.5. The lowest BCUT2D eigenvalue weighted by Gasteiger charge is -2.43. The lowest BCUT2D eigenvalue weighted by atomic mass is 10.0. The number of aromatic nitrogens is 6. The first kappa shape index (κ1) is 25.1. The Morgan fingerprint density at radius 2 is 1.97 bits per heavy atom. The van der Waals surface area contributed by atoms with Crippen LogP contribution >= 0.6 is 12.4 Å². The van der Waals surface area contributed by atoms with Crippen LogP contribution < -0.4 is 4.90 Å². The summed E-state index contributed by atoms with van der Waals surface area (Å²) < 4.78 is 16.6. The van der Waals surface area contributed by atoms with Gasteiger partial charge in [0, 0.05) is 31.4 Å². The Balaban J connectivity index is 0.00000280. The normalized spacial score (nSPS) is 18.6. The van der Waals surface area contributed by atoms with Crippen LogP contribution in [0.3, 0.4) is 0 Å². The Labute approximate surface area is 219 Å². The van der Waals surface area contributed by atoms with E-state index in [-0.39, 0.29) is 36.4 Å². The molecular formula is C25H29ClFN9O. The van der Waals surface area contributed by atoms with Gasteiger partial charge in [0.25, 0.3) is 0 Å². The van der Waals surface area contributed by atoms with Crippen LogP contribution in [0, 0.1) is 11.7 Å². The van der Waals surface area contributed by atoms with Crippen LogP contribution in [-0.4, -0.2) is 83.9 Å². The molecule has 2 fully saturated rings. The zero-order chi connectivity index (χ0) is 25.0. The molecule has 2 aliphatic heterocycles. The van der Waals surface area contributed by atoms with Crippen LogP contribution in [0.15, 0.2) is 43.0 Å². The van der Waals surface area contributed by atoms with E-state index < -0.39 is 5.82 Å². The Hall–Kier alpha value is -3.57. The molecule has 0 spiro atoms. The van der Waals surface area contributed by atoms with Crippen LogP contribution in [0.2, 0.25) is 0 Å². The molecule has 0 bridgehead atoms. The minimum atomic E-state index is -0.436. The molecule has 0 saturated carbocycles. The van der Waals surface area contributed by atoms with Gasteiger partial charge in [-0.05, 0) is 36.2 Å². The molecule has 1 unspecified atom stereocenters. The number of H-pyrrole nitrogens is 1. The van der Waals surface area contributed by atoms with Crippen molar-refractivity contribution in [1.29, 1.82) is 0 Å². The van der Waals surface area contributed by atoms with E-state index >= 15 is 0 Å². The van der Waals surface area contributed by atoms with Gasteiger partial charge >= 0.3 is 6.03 Å². The van der Waals surface area contributed by atoms with Gasteiger partial charge in [0.1, 0.15) is 18.0 Å². The second-order valence-corrected chi connectivity index (χ2v) is 9.75. The Morgan fingerprint density at radius 3 is 2.65 bits per heavy atom. The number of nitrogens with one attached hydrogen (secondary N) is 1. The first-order valence-corrected chi connectivity index (χ1v) is 12.3. The number of amides is 2. The third-order valence-electron chi connectivity index (χ3n) is 7.30. The van der Waals surface area contributed by atoms with Gasteiger partial charge in [0.15, 0.2) is 11.5 Å². The maximum absolute atomic E-state index is 14.9. The summed E-state index contributed by atoms with van der Waals surface area (Å²) in [5.41, 5.74) is 2.19. The van der Waals surface area contributed by atoms with Crippen molar-refractivity contribution in [3.05, 3.63) is 48.8 Å². The third kappa shape index (κ3) is 4.21. The van der Waals surface area contributed by atoms with Crippen molar-refractivity contribution in [1.82, 2.24) is 39.6 Å². The zero-order valence-corrected chi connectivity index (χ0v) is 21.7. The van der Waals surface area contributed by atoms with Gasteiger partial charge in [-0.2, -0.15) is 10.2 Å². The van der Waals surface area contributed by atoms with Gasteiger partial charge in [-0.15, -0.1) is 12.4 Å². The monoisotopic (exact) mass is 525 g/mol. The van der Waals surface area contributed by atoms with Crippen LogP contribution in [-0.2, 0) is 0 Å². The topological polar surface area (TPSA) is 98.6 Å². The molecule has 10 nitrogen and oxygen atoms in total. The molecule has 6 rings (SSSR count). The summed E-state index contributed by atoms with van der Waals surface area (Å²) in [4.78, 5) is 28.6. The quantitative estimate of drug-likeness (QED) is 0.412. The van der Waals surface area contributed by atoms with Gasteiger partial charge in [-0.25, -0.2) is 23.7 Å². The maximum Gasteiger partial charge on any atom is 0.326 e. The van der Waals surface area contributed by atoms with Crippen molar-refractivity contribution < 1.29 is 9.18 Å². The number of hydrogen-bond donors (Lipinski definition) is 1. The molecule has 12 heteroatoms. The Kier molecular flexibility index (Phi) is 6.59. The van der Waals surface area contributed by atoms with E-state index in [9.17, 15) is 9.18 Å². The van der Waals surface area contributed by atoms with Gasteiger partial charge < -0.3 is 4.90 Å². The number of likely N-dealkylation sites (tertiary alicyclic amines) is 1. The molecule has 1 atom stereocenters. The number of anilines is 1. The summed E-state index contributed by atoms with van der Waals surface area (Å²) in [6.45, 7) is 9.92. The standard InChI is InChI=1S/C25H28FN9O.ClH/c1-4-32-11-17(12-32)33-13-21(15(2)3)35(25(33)36)22-7-8-34-24(30-22)19(10-29-34)16-5-6-18(20(26)9-16)23-27-14-28-31-23;/h5-10,14-15,17,21H,4,11-13H2,1-3H3,(H,27,28,31);1H. The summed E-state index contributed by atoms with van der Waals surface area (Å²) in [6, 6.07) is 6.97. The minimum absolute atomic E-state index is 0. The van der Waals surface area contributed by atoms with E-state index in [0.717, 1.165) is 19.6 Å². The average Bonchev–Trinajstić information content (AvgIpc) is 3.57. The van der Waals surface area contributed by atoms with E-state index in [0.29, 0.717) is 40.5 Å². The lowest BCUT2D eigenvalue weighted by Crippen LogP contribution is -2.59. The zero-order valence-electron chi connectivity index (χ0n) is 20.9. The summed E-state index contributed by atoms with van der Waals surface area (Å²) in [5.74, 6) is 0.708. The molecule has 0 aliphatic carbocycles. The molecule has 4 aromatic rings. The van der Waals surface area contributed by atoms with Crippen LogP contribution in [0.5, 0.6) is 0 Å². The molecule has 3 aromatic heterocycles. The molecule has 5 heterocycles. The Morgan fingerprint density at radius 1 is 1.16 bits per heavy atom. The maximum atomic E-state index is 14.9. The fourth-order valence-electron chi connectivity index (χ4n) is 5.12. The molecule has 0 radical (unpaired) electrons. The van der Waals surface area contributed by atoms with Crippen molar-refractivity contribution in [2.75, 3.05) is 31.1 Å². The first-order chi connectivity index (χ1) is 17.4. The molecular weight excluding hydrogens is 497 g/mol. The number of benzene rings is 1. The third-order valence-corrected chi connectivity index (χ3v) is 7.30. The lowest BCUT2D eigenvalue weighted by molar-refractivity contribution is 0.0672. The number of rotatable bonds is 6. The van der Waals surface area contributed by atoms with Crippen molar-refractivity contribution in [3.8, 4) is 22.5 Å². The number of halogens is 2. The molecule has 37 heavy (non-hydrogen) atoms. The summed E-state index contributed by atoms with van der Waals surface area (Å²) >= 11 is 0. The highest BCUT2D eigenvalue weighted by Crippen LogP contribution is 2.33. The number of urea groups is 1. The smallest absolute Gasteiger partial charge is 0.317 e. The number of aromatic amines is 1. The minimum Gasteiger partial charge on any atom is -0.317 e. The molecule has 194 valence electrons. The predicted octanol–water partition coefficient (Wildman–Crippen LogP) is 3.71. The Bertz CT molecular complexity index is 1420. The number of carbonyl (C=O) groups excluding carboxylic acids is 1. The first-order valence-electron chi connectivity index (χ1n) is 12.3. The molecule has 1 N–H and O–H groups in total. The molecule has 2 saturated heterocycles. The van der Waals surface area contributed by atoms with Crippen molar-refractivity contribution in [3.63, 3.8) is 0 Å². The van der Waals surface area contributed by atoms with Crippen molar-refractivity contribution in [2.24, 2.45) is 5.92 Å². The van der Waals surface area contributed by atoms with E-state index in [1.807, 2.05) is 15.9 Å². The molecule has 1 aromatic carbocycles. The summed E-state index contributed by atoms with van der Waals surface area (Å²) in [6.07, 6.45) is 4.88. The number of nitrogens with zero attached hydrogens (tertiary/aromatic N) is 8. The van der Waals surface area contributed by atoms with Crippen molar-refractivity contribution in [2.45, 2.75) is 32.9 Å². The van der Waals surface area contributed by atoms with Crippen molar-refractivity contribution >= 4 is 29.9 Å². The van der Waals surface area contributed by atoms with Gasteiger partial charge in [-0.3, -0.25) is 14.9 Å². The van der Waals surface area contributed by atoms with E-state index in [4.69, 9.17) is 4.98 Å². The summed E-state index contributed by atoms with van der Waals surface area (Å²) in [7, 11) is 0. The molecule has 2 aliphatic rings. The highest BCUT2D eigenvalue weighted by Gasteiger charge is 2.46. The number of fused-ring (bicyclic) bond motifs is 1. The van der Waals surface area contributed by atoms with Gasteiger partial charge in [0.2, 0.25) is 0 Å². The SMILES string of the molecule is CCN1CC(N2CC(C(C)C)N(c3ccn4ncc(-c5ccc(-c6nc[nH]n6)c(F)c5)c4n3)C2=O)C1.Cl. The van der Waals surface area contributed by atoms with Crippen LogP contribution in [0.4, 0.5) is 15.0 Å². The van der Waals surface area contributed by atoms with Crippen LogP contribution in [0.25, 0.3) is 28.2 Å². The molecule has 2 amide bonds. The highest BCUT2D eigenvalue weighted by molar-refractivity contribution is 5.95. The van der Waals surface area contributed by atoms with Gasteiger partial charge in [-0.1, -0.05) is 26.8 Å². The second-order valence-electron chi connectivity index (χ2n) is 9.75. The van der Waals surface area contributed by atoms with E-state index in [1.54, 1.807) is 29.0 Å². The van der Waals surface area contributed by atoms with Gasteiger partial charge in [0.05, 0.1) is 23.8 Å². The van der Waals surface area contributed by atoms with E-state index in [1.165, 1.54) is 12.4 Å². The predicted molar refractivity (Wildman–Crippen MR) is 140 cm³/mol. The fraction of sp³-hybridized carbons (Fsp3) is 0.400. The van der Waals surface area contributed by atoms with Crippen LogP contribution in [0.1, 0.15) is 20.8 Å². The van der Waals surface area contributed by atoms with E-state index in [2.05, 4.69) is 46.0 Å². The number of hydrogen-bond acceptors (Lipinski definition) is 6. The number of carbonyl (C=O) groups is 1. The largest absolute Gasteiger partial charge is 0.326 e. The average molecular weight is 526 g/mol.